The van der Waals surface area contributed by atoms with E-state index in [2.05, 4.69) is 235 Å². The van der Waals surface area contributed by atoms with Gasteiger partial charge < -0.3 is 66.3 Å². The standard InChI is InChI=1S/C112H104O14P2/c1-9-45-115-91-59-85(60-92(67-91)116-46-10-2)77-123-99-55-83(56-100(71-99)124-78-86-61-93(117-47-11-3)68-94(62-86)118-48-12-4)75-113-73-81-37-41-107-89(53-81)39-43-109(127(103-29-21-17-22-30-103)104-31-23-18-24-32-104)111(107)112-108-42-38-82(54-90(108)40-44-110(112)128(105-33-25-19-26-34-105)106-35-27-20-28-36-106)74-114-76-84-57-101(125-79-87-63-95(119-49-13-5)69-96(64-87)120-50-14-6)72-102(58-84)126-80-88-65-97(121-51-15-7)70-98(66-88)122-52-16-8/h9-44,53-72H,1-8,45-52,73-80H2. The molecular weight excluding hydrogens is 1630 g/mol. The molecule has 14 rings (SSSR count). The van der Waals surface area contributed by atoms with Crippen molar-refractivity contribution in [2.24, 2.45) is 0 Å². The summed E-state index contributed by atoms with van der Waals surface area (Å²) < 4.78 is 88.2. The van der Waals surface area contributed by atoms with E-state index in [-0.39, 0.29) is 39.6 Å². The summed E-state index contributed by atoms with van der Waals surface area (Å²) in [5, 5.41) is 11.7. The maximum Gasteiger partial charge on any atom is 0.123 e. The van der Waals surface area contributed by atoms with E-state index >= 15 is 0 Å². The molecule has 0 spiro atoms. The zero-order chi connectivity index (χ0) is 88.4. The van der Waals surface area contributed by atoms with Crippen LogP contribution in [0, 0.1) is 0 Å². The molecule has 646 valence electrons. The summed E-state index contributed by atoms with van der Waals surface area (Å²) in [6, 6.07) is 101. The fraction of sp³-hybridized carbons (Fsp3) is 0.143. The highest BCUT2D eigenvalue weighted by Gasteiger charge is 2.29. The Bertz CT molecular complexity index is 5380. The van der Waals surface area contributed by atoms with Gasteiger partial charge in [0.15, 0.2) is 0 Å². The largest absolute Gasteiger partial charge is 0.489 e. The van der Waals surface area contributed by atoms with Crippen molar-refractivity contribution in [2.45, 2.75) is 52.9 Å². The highest BCUT2D eigenvalue weighted by Crippen LogP contribution is 2.47. The SMILES string of the molecule is C=CCOc1cc(COc2cc(COCc3ccc4c(-c5c(P(c6ccccc6)c6ccccc6)ccc6cc(COCc7cc(OCc8cc(OCC=C)cc(OCC=C)c8)cc(OCc8cc(OCC=C)cc(OCC=C)c8)c7)ccc56)c(P(c5ccccc5)c5ccccc5)ccc4c3)cc(OCc3cc(OCC=C)cc(OCC=C)c3)c2)cc(OCC=C)c1. The molecule has 0 saturated heterocycles. The van der Waals surface area contributed by atoms with Gasteiger partial charge in [0.05, 0.1) is 26.4 Å². The van der Waals surface area contributed by atoms with Crippen molar-refractivity contribution < 1.29 is 66.3 Å². The van der Waals surface area contributed by atoms with Gasteiger partial charge >= 0.3 is 0 Å². The molecule has 0 aliphatic heterocycles. The molecule has 0 amide bonds. The molecule has 14 aromatic rings. The number of benzene rings is 14. The molecule has 14 aromatic carbocycles. The Morgan fingerprint density at radius 3 is 0.609 bits per heavy atom. The molecule has 0 aromatic heterocycles. The fourth-order valence-electron chi connectivity index (χ4n) is 14.7. The van der Waals surface area contributed by atoms with E-state index in [9.17, 15) is 0 Å². The van der Waals surface area contributed by atoms with Crippen molar-refractivity contribution in [3.05, 3.63) is 437 Å². The molecule has 0 bridgehead atoms. The second-order valence-electron chi connectivity index (χ2n) is 29.9. The second-order valence-corrected chi connectivity index (χ2v) is 34.2. The molecule has 0 atom stereocenters. The van der Waals surface area contributed by atoms with Gasteiger partial charge in [0.2, 0.25) is 0 Å². The molecule has 14 nitrogen and oxygen atoms in total. The van der Waals surface area contributed by atoms with Crippen molar-refractivity contribution in [3.8, 4) is 80.1 Å². The molecule has 0 heterocycles. The lowest BCUT2D eigenvalue weighted by Crippen LogP contribution is -2.26. The summed E-state index contributed by atoms with van der Waals surface area (Å²) in [6.07, 6.45) is 13.6. The van der Waals surface area contributed by atoms with E-state index in [0.29, 0.717) is 135 Å². The normalized spacial score (nSPS) is 11.0. The van der Waals surface area contributed by atoms with Crippen molar-refractivity contribution in [3.63, 3.8) is 0 Å². The van der Waals surface area contributed by atoms with E-state index in [1.54, 1.807) is 48.6 Å². The summed E-state index contributed by atoms with van der Waals surface area (Å²) in [5.74, 6) is 7.27. The summed E-state index contributed by atoms with van der Waals surface area (Å²) >= 11 is 0. The van der Waals surface area contributed by atoms with E-state index in [1.807, 2.05) is 109 Å². The molecule has 0 aliphatic rings. The van der Waals surface area contributed by atoms with Gasteiger partial charge in [0, 0.05) is 36.4 Å². The summed E-state index contributed by atoms with van der Waals surface area (Å²) in [5.41, 5.74) is 9.34. The number of hydrogen-bond donors (Lipinski definition) is 0. The molecule has 0 N–H and O–H groups in total. The lowest BCUT2D eigenvalue weighted by Gasteiger charge is -2.28. The van der Waals surface area contributed by atoms with Gasteiger partial charge in [-0.15, -0.1) is 0 Å². The third-order valence-electron chi connectivity index (χ3n) is 20.2. The van der Waals surface area contributed by atoms with Crippen molar-refractivity contribution in [1.82, 2.24) is 0 Å². The summed E-state index contributed by atoms with van der Waals surface area (Å²) in [7, 11) is -2.37. The molecule has 0 fully saturated rings. The number of hydrogen-bond acceptors (Lipinski definition) is 14. The van der Waals surface area contributed by atoms with E-state index in [4.69, 9.17) is 66.3 Å². The van der Waals surface area contributed by atoms with Crippen molar-refractivity contribution in [1.29, 1.82) is 0 Å². The van der Waals surface area contributed by atoms with Gasteiger partial charge in [-0.1, -0.05) is 271 Å². The van der Waals surface area contributed by atoms with Crippen LogP contribution in [0.2, 0.25) is 0 Å². The Morgan fingerprint density at radius 2 is 0.391 bits per heavy atom. The van der Waals surface area contributed by atoms with Crippen LogP contribution in [0.1, 0.15) is 44.5 Å². The molecule has 128 heavy (non-hydrogen) atoms. The molecule has 0 unspecified atom stereocenters. The average molecular weight is 1740 g/mol. The van der Waals surface area contributed by atoms with Crippen LogP contribution >= 0.6 is 15.8 Å². The Balaban J connectivity index is 0.822. The molecule has 0 radical (unpaired) electrons. The minimum absolute atomic E-state index is 0.193. The maximum absolute atomic E-state index is 6.83. The average Bonchev–Trinajstić information content (AvgIpc) is 0.727. The van der Waals surface area contributed by atoms with Crippen LogP contribution in [-0.4, -0.2) is 52.9 Å². The van der Waals surface area contributed by atoms with Crippen LogP contribution in [0.25, 0.3) is 32.7 Å². The first kappa shape index (κ1) is 90.2. The van der Waals surface area contributed by atoms with Crippen LogP contribution in [0.4, 0.5) is 0 Å². The highest BCUT2D eigenvalue weighted by atomic mass is 31.1. The molecule has 16 heteroatoms. The van der Waals surface area contributed by atoms with Gasteiger partial charge in [0.1, 0.15) is 148 Å². The second kappa shape index (κ2) is 46.7. The number of rotatable bonds is 51. The fourth-order valence-corrected chi connectivity index (χ4v) is 19.7. The number of fused-ring (bicyclic) bond motifs is 2. The zero-order valence-electron chi connectivity index (χ0n) is 71.9. The van der Waals surface area contributed by atoms with E-state index in [0.717, 1.165) is 66.1 Å². The quantitative estimate of drug-likeness (QED) is 0.0265. The Hall–Kier alpha value is -14.1. The Labute approximate surface area is 753 Å². The lowest BCUT2D eigenvalue weighted by molar-refractivity contribution is 0.107. The van der Waals surface area contributed by atoms with Crippen molar-refractivity contribution in [2.75, 3.05) is 52.9 Å². The summed E-state index contributed by atoms with van der Waals surface area (Å²) in [6.45, 7) is 35.2. The molecule has 0 aliphatic carbocycles. The molecule has 0 saturated carbocycles. The minimum Gasteiger partial charge on any atom is -0.489 e. The van der Waals surface area contributed by atoms with Gasteiger partial charge in [-0.25, -0.2) is 0 Å². The van der Waals surface area contributed by atoms with E-state index < -0.39 is 15.8 Å². The van der Waals surface area contributed by atoms with Gasteiger partial charge in [0.25, 0.3) is 0 Å². The first-order chi connectivity index (χ1) is 63.0. The Morgan fingerprint density at radius 1 is 0.188 bits per heavy atom. The smallest absolute Gasteiger partial charge is 0.123 e. The van der Waals surface area contributed by atoms with Gasteiger partial charge in [-0.05, 0) is 210 Å². The zero-order valence-corrected chi connectivity index (χ0v) is 73.7. The van der Waals surface area contributed by atoms with Crippen LogP contribution in [0.3, 0.4) is 0 Å². The molecular formula is C112H104O14P2. The van der Waals surface area contributed by atoms with E-state index in [1.165, 1.54) is 43.0 Å². The lowest BCUT2D eigenvalue weighted by atomic mass is 9.92. The van der Waals surface area contributed by atoms with Crippen LogP contribution in [0.15, 0.2) is 392 Å². The predicted molar refractivity (Wildman–Crippen MR) is 523 cm³/mol. The van der Waals surface area contributed by atoms with Crippen LogP contribution in [0.5, 0.6) is 69.0 Å². The first-order valence-corrected chi connectivity index (χ1v) is 45.0. The third kappa shape index (κ3) is 25.2. The van der Waals surface area contributed by atoms with Gasteiger partial charge in [-0.2, -0.15) is 0 Å². The van der Waals surface area contributed by atoms with Crippen molar-refractivity contribution >= 4 is 69.2 Å². The van der Waals surface area contributed by atoms with Gasteiger partial charge in [-0.3, -0.25) is 0 Å². The predicted octanol–water partition coefficient (Wildman–Crippen LogP) is 23.4. The highest BCUT2D eigenvalue weighted by molar-refractivity contribution is 7.81. The maximum atomic E-state index is 6.83. The third-order valence-corrected chi connectivity index (χ3v) is 25.2. The number of ether oxygens (including phenoxy) is 14. The first-order valence-electron chi connectivity index (χ1n) is 42.4. The topological polar surface area (TPSA) is 129 Å². The monoisotopic (exact) mass is 1730 g/mol. The van der Waals surface area contributed by atoms with Crippen LogP contribution < -0.4 is 88.7 Å². The minimum atomic E-state index is -1.18. The summed E-state index contributed by atoms with van der Waals surface area (Å²) in [4.78, 5) is 0. The van der Waals surface area contributed by atoms with Crippen LogP contribution in [-0.2, 0) is 62.3 Å². The Kier molecular flexibility index (Phi) is 32.9.